The molecule has 0 bridgehead atoms. The molecule has 7 heteroatoms. The number of hydrogen-bond donors (Lipinski definition) is 2. The summed E-state index contributed by atoms with van der Waals surface area (Å²) in [4.78, 5) is 15.0. The topological polar surface area (TPSA) is 79.9 Å². The van der Waals surface area contributed by atoms with Crippen molar-refractivity contribution in [1.82, 2.24) is 15.2 Å². The summed E-state index contributed by atoms with van der Waals surface area (Å²) in [5, 5.41) is 11.5. The Morgan fingerprint density at radius 2 is 2.32 bits per heavy atom. The molecular weight excluding hydrogens is 264 g/mol. The Kier molecular flexibility index (Phi) is 2.88. The van der Waals surface area contributed by atoms with Gasteiger partial charge >= 0.3 is 0 Å². The number of aromatic nitrogens is 3. The van der Waals surface area contributed by atoms with Gasteiger partial charge in [-0.1, -0.05) is 11.3 Å². The molecule has 0 aliphatic rings. The van der Waals surface area contributed by atoms with Crippen LogP contribution in [0.15, 0.2) is 29.8 Å². The molecule has 1 aromatic carbocycles. The number of ether oxygens (including phenoxy) is 1. The molecule has 6 nitrogen and oxygen atoms in total. The average molecular weight is 274 g/mol. The molecular formula is C12H10N4O2S. The highest BCUT2D eigenvalue weighted by molar-refractivity contribution is 7.13. The van der Waals surface area contributed by atoms with Gasteiger partial charge in [0.2, 0.25) is 5.13 Å². The van der Waals surface area contributed by atoms with Gasteiger partial charge in [-0.25, -0.2) is 0 Å². The number of nitrogens with one attached hydrogen (secondary N) is 2. The predicted molar refractivity (Wildman–Crippen MR) is 72.7 cm³/mol. The van der Waals surface area contributed by atoms with Crippen molar-refractivity contribution in [2.45, 2.75) is 0 Å². The fraction of sp³-hybridized carbons (Fsp3) is 0.0833. The maximum absolute atomic E-state index is 12.0. The van der Waals surface area contributed by atoms with Crippen LogP contribution in [0.1, 0.15) is 10.5 Å². The molecule has 3 rings (SSSR count). The summed E-state index contributed by atoms with van der Waals surface area (Å²) in [6.07, 6.45) is 0. The van der Waals surface area contributed by atoms with Crippen molar-refractivity contribution >= 4 is 33.3 Å². The molecule has 2 aromatic heterocycles. The Labute approximate surface area is 112 Å². The average Bonchev–Trinajstić information content (AvgIpc) is 3.05. The first-order valence-corrected chi connectivity index (χ1v) is 6.38. The van der Waals surface area contributed by atoms with Gasteiger partial charge in [0.05, 0.1) is 7.11 Å². The summed E-state index contributed by atoms with van der Waals surface area (Å²) in [5.74, 6) is 0.498. The summed E-state index contributed by atoms with van der Waals surface area (Å²) in [5.41, 5.74) is 2.88. The van der Waals surface area contributed by atoms with Gasteiger partial charge < -0.3 is 9.72 Å². The summed E-state index contributed by atoms with van der Waals surface area (Å²) in [7, 11) is 1.60. The van der Waals surface area contributed by atoms with Crippen molar-refractivity contribution in [2.75, 3.05) is 12.4 Å². The van der Waals surface area contributed by atoms with Gasteiger partial charge in [-0.2, -0.15) is 0 Å². The van der Waals surface area contributed by atoms with E-state index >= 15 is 0 Å². The van der Waals surface area contributed by atoms with E-state index in [-0.39, 0.29) is 5.91 Å². The Morgan fingerprint density at radius 3 is 3.05 bits per heavy atom. The summed E-state index contributed by atoms with van der Waals surface area (Å²) >= 11 is 1.27. The SMILES string of the molecule is COc1ccc2cc(C(=O)Nc3nncs3)[nH]c2c1. The molecule has 0 aliphatic heterocycles. The normalized spacial score (nSPS) is 10.6. The number of amides is 1. The van der Waals surface area contributed by atoms with Crippen LogP contribution >= 0.6 is 11.3 Å². The van der Waals surface area contributed by atoms with Gasteiger partial charge in [0.1, 0.15) is 17.0 Å². The lowest BCUT2D eigenvalue weighted by atomic mass is 10.2. The third-order valence-corrected chi connectivity index (χ3v) is 3.26. The van der Waals surface area contributed by atoms with Crippen LogP contribution in [0, 0.1) is 0 Å². The molecule has 1 amide bonds. The summed E-state index contributed by atoms with van der Waals surface area (Å²) in [6.45, 7) is 0. The highest BCUT2D eigenvalue weighted by atomic mass is 32.1. The number of hydrogen-bond acceptors (Lipinski definition) is 5. The molecule has 0 aliphatic carbocycles. The first-order valence-electron chi connectivity index (χ1n) is 5.50. The van der Waals surface area contributed by atoms with E-state index in [2.05, 4.69) is 20.5 Å². The molecule has 0 fully saturated rings. The highest BCUT2D eigenvalue weighted by Gasteiger charge is 2.11. The molecule has 0 unspecified atom stereocenters. The van der Waals surface area contributed by atoms with E-state index in [1.807, 2.05) is 18.2 Å². The van der Waals surface area contributed by atoms with Crippen molar-refractivity contribution in [1.29, 1.82) is 0 Å². The molecule has 19 heavy (non-hydrogen) atoms. The number of nitrogens with zero attached hydrogens (tertiary/aromatic N) is 2. The van der Waals surface area contributed by atoms with Crippen LogP contribution in [0.5, 0.6) is 5.75 Å². The van der Waals surface area contributed by atoms with E-state index in [1.54, 1.807) is 18.7 Å². The quantitative estimate of drug-likeness (QED) is 0.768. The highest BCUT2D eigenvalue weighted by Crippen LogP contribution is 2.21. The minimum Gasteiger partial charge on any atom is -0.497 e. The maximum Gasteiger partial charge on any atom is 0.273 e. The minimum absolute atomic E-state index is 0.244. The van der Waals surface area contributed by atoms with Crippen molar-refractivity contribution in [2.24, 2.45) is 0 Å². The van der Waals surface area contributed by atoms with Gasteiger partial charge in [0.15, 0.2) is 0 Å². The lowest BCUT2D eigenvalue weighted by Gasteiger charge is -1.98. The van der Waals surface area contributed by atoms with E-state index in [4.69, 9.17) is 4.74 Å². The lowest BCUT2D eigenvalue weighted by molar-refractivity contribution is 0.102. The van der Waals surface area contributed by atoms with E-state index < -0.39 is 0 Å². The monoisotopic (exact) mass is 274 g/mol. The number of rotatable bonds is 3. The molecule has 0 saturated heterocycles. The second kappa shape index (κ2) is 4.69. The number of fused-ring (bicyclic) bond motifs is 1. The van der Waals surface area contributed by atoms with E-state index in [9.17, 15) is 4.79 Å². The van der Waals surface area contributed by atoms with Gasteiger partial charge in [-0.05, 0) is 18.2 Å². The third-order valence-electron chi connectivity index (χ3n) is 2.65. The van der Waals surface area contributed by atoms with Crippen molar-refractivity contribution < 1.29 is 9.53 Å². The van der Waals surface area contributed by atoms with Crippen LogP contribution in [0.3, 0.4) is 0 Å². The van der Waals surface area contributed by atoms with Crippen LogP contribution in [-0.2, 0) is 0 Å². The molecule has 2 N–H and O–H groups in total. The van der Waals surface area contributed by atoms with Crippen LogP contribution in [0.2, 0.25) is 0 Å². The third kappa shape index (κ3) is 2.27. The number of benzene rings is 1. The van der Waals surface area contributed by atoms with Crippen LogP contribution < -0.4 is 10.1 Å². The number of methoxy groups -OCH3 is 1. The van der Waals surface area contributed by atoms with Gasteiger partial charge in [-0.15, -0.1) is 10.2 Å². The van der Waals surface area contributed by atoms with Gasteiger partial charge in [0, 0.05) is 17.0 Å². The molecule has 0 radical (unpaired) electrons. The Bertz CT molecular complexity index is 720. The first kappa shape index (κ1) is 11.7. The number of H-pyrrole nitrogens is 1. The standard InChI is InChI=1S/C12H10N4O2S/c1-18-8-3-2-7-4-10(14-9(7)5-8)11(17)15-12-16-13-6-19-12/h2-6,14H,1H3,(H,15,16,17). The fourth-order valence-corrected chi connectivity index (χ4v) is 2.19. The number of anilines is 1. The van der Waals surface area contributed by atoms with Gasteiger partial charge in [-0.3, -0.25) is 10.1 Å². The van der Waals surface area contributed by atoms with Crippen molar-refractivity contribution in [3.63, 3.8) is 0 Å². The predicted octanol–water partition coefficient (Wildman–Crippen LogP) is 2.28. The molecule has 0 saturated carbocycles. The molecule has 96 valence electrons. The smallest absolute Gasteiger partial charge is 0.273 e. The van der Waals surface area contributed by atoms with Crippen molar-refractivity contribution in [3.8, 4) is 5.75 Å². The number of aromatic amines is 1. The van der Waals surface area contributed by atoms with E-state index in [1.165, 1.54) is 11.3 Å². The Morgan fingerprint density at radius 1 is 1.42 bits per heavy atom. The molecule has 3 aromatic rings. The van der Waals surface area contributed by atoms with Crippen LogP contribution in [0.4, 0.5) is 5.13 Å². The minimum atomic E-state index is -0.244. The molecule has 0 atom stereocenters. The summed E-state index contributed by atoms with van der Waals surface area (Å²) < 4.78 is 5.14. The van der Waals surface area contributed by atoms with E-state index in [0.29, 0.717) is 10.8 Å². The van der Waals surface area contributed by atoms with Gasteiger partial charge in [0.25, 0.3) is 5.91 Å². The van der Waals surface area contributed by atoms with Crippen LogP contribution in [0.25, 0.3) is 10.9 Å². The molecule has 0 spiro atoms. The fourth-order valence-electron chi connectivity index (χ4n) is 1.75. The largest absolute Gasteiger partial charge is 0.497 e. The summed E-state index contributed by atoms with van der Waals surface area (Å²) in [6, 6.07) is 7.37. The van der Waals surface area contributed by atoms with E-state index in [0.717, 1.165) is 16.7 Å². The lowest BCUT2D eigenvalue weighted by Crippen LogP contribution is -2.11. The molecule has 2 heterocycles. The van der Waals surface area contributed by atoms with Crippen LogP contribution in [-0.4, -0.2) is 28.2 Å². The second-order valence-corrected chi connectivity index (χ2v) is 4.67. The zero-order chi connectivity index (χ0) is 13.2. The zero-order valence-electron chi connectivity index (χ0n) is 10.0. The Balaban J connectivity index is 1.90. The first-order chi connectivity index (χ1) is 9.26. The van der Waals surface area contributed by atoms with Crippen molar-refractivity contribution in [3.05, 3.63) is 35.5 Å². The second-order valence-electron chi connectivity index (χ2n) is 3.83. The zero-order valence-corrected chi connectivity index (χ0v) is 10.8. The number of carbonyl (C=O) groups excluding carboxylic acids is 1. The Hall–Kier alpha value is -2.41. The number of carbonyl (C=O) groups is 1. The maximum atomic E-state index is 12.0.